The van der Waals surface area contributed by atoms with Crippen molar-refractivity contribution in [2.24, 2.45) is 4.99 Å². The average molecular weight is 433 g/mol. The fraction of sp³-hybridized carbons (Fsp3) is 0.312. The molecule has 3 nitrogen and oxygen atoms in total. The van der Waals surface area contributed by atoms with Crippen LogP contribution in [0.3, 0.4) is 0 Å². The van der Waals surface area contributed by atoms with Crippen molar-refractivity contribution in [3.63, 3.8) is 0 Å². The van der Waals surface area contributed by atoms with Gasteiger partial charge < -0.3 is 10.6 Å². The van der Waals surface area contributed by atoms with Gasteiger partial charge in [0.15, 0.2) is 5.96 Å². The molecule has 0 bridgehead atoms. The van der Waals surface area contributed by atoms with Crippen molar-refractivity contribution in [1.29, 1.82) is 0 Å². The molecule has 22 heavy (non-hydrogen) atoms. The van der Waals surface area contributed by atoms with Crippen LogP contribution in [-0.2, 0) is 13.0 Å². The molecule has 1 heterocycles. The van der Waals surface area contributed by atoms with E-state index in [9.17, 15) is 4.39 Å². The summed E-state index contributed by atoms with van der Waals surface area (Å²) in [7, 11) is 1.73. The summed E-state index contributed by atoms with van der Waals surface area (Å²) < 4.78 is 13.5. The number of hydrogen-bond donors (Lipinski definition) is 2. The Bertz CT molecular complexity index is 599. The quantitative estimate of drug-likeness (QED) is 0.429. The number of halogens is 2. The Morgan fingerprint density at radius 1 is 1.27 bits per heavy atom. The number of benzene rings is 1. The number of hydrogen-bond acceptors (Lipinski definition) is 2. The number of guanidine groups is 1. The molecule has 0 aliphatic carbocycles. The molecule has 0 fully saturated rings. The summed E-state index contributed by atoms with van der Waals surface area (Å²) in [4.78, 5) is 5.51. The van der Waals surface area contributed by atoms with Gasteiger partial charge in [0.1, 0.15) is 5.82 Å². The molecule has 0 amide bonds. The van der Waals surface area contributed by atoms with E-state index in [4.69, 9.17) is 0 Å². The molecule has 1 aromatic carbocycles. The Kier molecular flexibility index (Phi) is 8.40. The Balaban J connectivity index is 0.00000242. The van der Waals surface area contributed by atoms with Crippen molar-refractivity contribution in [3.8, 4) is 0 Å². The van der Waals surface area contributed by atoms with E-state index in [0.29, 0.717) is 12.1 Å². The van der Waals surface area contributed by atoms with E-state index in [1.165, 1.54) is 4.88 Å². The van der Waals surface area contributed by atoms with Crippen molar-refractivity contribution in [1.82, 2.24) is 10.6 Å². The third-order valence-electron chi connectivity index (χ3n) is 3.16. The summed E-state index contributed by atoms with van der Waals surface area (Å²) in [6, 6.07) is 9.45. The lowest BCUT2D eigenvalue weighted by atomic mass is 10.1. The first-order chi connectivity index (χ1) is 10.2. The molecule has 0 unspecified atom stereocenters. The van der Waals surface area contributed by atoms with Gasteiger partial charge >= 0.3 is 0 Å². The number of nitrogens with one attached hydrogen (secondary N) is 2. The topological polar surface area (TPSA) is 36.4 Å². The molecular weight excluding hydrogens is 412 g/mol. The van der Waals surface area contributed by atoms with Crippen LogP contribution in [-0.4, -0.2) is 19.6 Å². The molecule has 0 aliphatic heterocycles. The van der Waals surface area contributed by atoms with Crippen LogP contribution in [0.1, 0.15) is 16.0 Å². The highest BCUT2D eigenvalue weighted by molar-refractivity contribution is 14.0. The van der Waals surface area contributed by atoms with E-state index >= 15 is 0 Å². The molecular formula is C16H21FIN3S. The molecule has 120 valence electrons. The molecule has 2 N–H and O–H groups in total. The van der Waals surface area contributed by atoms with Crippen LogP contribution in [0.25, 0.3) is 0 Å². The van der Waals surface area contributed by atoms with Crippen LogP contribution >= 0.6 is 35.3 Å². The zero-order valence-electron chi connectivity index (χ0n) is 12.7. The number of rotatable bonds is 5. The average Bonchev–Trinajstić information content (AvgIpc) is 2.99. The van der Waals surface area contributed by atoms with Gasteiger partial charge in [0.25, 0.3) is 0 Å². The van der Waals surface area contributed by atoms with Crippen molar-refractivity contribution in [2.45, 2.75) is 19.9 Å². The second kappa shape index (κ2) is 9.78. The minimum Gasteiger partial charge on any atom is -0.356 e. The summed E-state index contributed by atoms with van der Waals surface area (Å²) in [6.45, 7) is 3.13. The maximum atomic E-state index is 13.5. The van der Waals surface area contributed by atoms with Crippen LogP contribution in [0.15, 0.2) is 40.7 Å². The molecule has 6 heteroatoms. The van der Waals surface area contributed by atoms with Gasteiger partial charge in [-0.2, -0.15) is 0 Å². The van der Waals surface area contributed by atoms with Gasteiger partial charge in [-0.1, -0.05) is 18.2 Å². The van der Waals surface area contributed by atoms with Crippen molar-refractivity contribution in [3.05, 3.63) is 57.5 Å². The summed E-state index contributed by atoms with van der Waals surface area (Å²) in [6.07, 6.45) is 0.970. The molecule has 0 atom stereocenters. The van der Waals surface area contributed by atoms with Crippen molar-refractivity contribution >= 4 is 41.3 Å². The molecule has 0 radical (unpaired) electrons. The highest BCUT2D eigenvalue weighted by atomic mass is 127. The number of thiophene rings is 1. The third kappa shape index (κ3) is 5.92. The standard InChI is InChI=1S/C16H20FN3S.HI/c1-12-5-6-13(10-15(12)17)11-20-16(18-2)19-8-7-14-4-3-9-21-14;/h3-6,9-10H,7-8,11H2,1-2H3,(H2,18,19,20);1H. The van der Waals surface area contributed by atoms with Crippen molar-refractivity contribution in [2.75, 3.05) is 13.6 Å². The SMILES string of the molecule is CN=C(NCCc1cccs1)NCc1ccc(C)c(F)c1.I. The Morgan fingerprint density at radius 2 is 2.09 bits per heavy atom. The number of nitrogens with zero attached hydrogens (tertiary/aromatic N) is 1. The van der Waals surface area contributed by atoms with Gasteiger partial charge in [-0.15, -0.1) is 35.3 Å². The van der Waals surface area contributed by atoms with E-state index in [1.54, 1.807) is 37.4 Å². The predicted molar refractivity (Wildman–Crippen MR) is 103 cm³/mol. The highest BCUT2D eigenvalue weighted by Gasteiger charge is 2.02. The smallest absolute Gasteiger partial charge is 0.191 e. The van der Waals surface area contributed by atoms with Crippen molar-refractivity contribution < 1.29 is 4.39 Å². The lowest BCUT2D eigenvalue weighted by molar-refractivity contribution is 0.615. The predicted octanol–water partition coefficient (Wildman–Crippen LogP) is 3.72. The van der Waals surface area contributed by atoms with Gasteiger partial charge in [0, 0.05) is 25.0 Å². The minimum atomic E-state index is -0.171. The monoisotopic (exact) mass is 433 g/mol. The number of aliphatic imine (C=N–C) groups is 1. The van der Waals surface area contributed by atoms with Gasteiger partial charge in [-0.05, 0) is 42.0 Å². The van der Waals surface area contributed by atoms with E-state index in [1.807, 2.05) is 6.07 Å². The Morgan fingerprint density at radius 3 is 2.73 bits per heavy atom. The van der Waals surface area contributed by atoms with Gasteiger partial charge in [-0.25, -0.2) is 4.39 Å². The molecule has 2 rings (SSSR count). The van der Waals surface area contributed by atoms with E-state index < -0.39 is 0 Å². The largest absolute Gasteiger partial charge is 0.356 e. The minimum absolute atomic E-state index is 0. The second-order valence-corrected chi connectivity index (χ2v) is 5.80. The first-order valence-corrected chi connectivity index (χ1v) is 7.79. The molecule has 2 aromatic rings. The van der Waals surface area contributed by atoms with Gasteiger partial charge in [0.2, 0.25) is 0 Å². The fourth-order valence-corrected chi connectivity index (χ4v) is 2.62. The molecule has 0 aliphatic rings. The Labute approximate surface area is 152 Å². The van der Waals surface area contributed by atoms with Crippen LogP contribution in [0.5, 0.6) is 0 Å². The third-order valence-corrected chi connectivity index (χ3v) is 4.10. The first-order valence-electron chi connectivity index (χ1n) is 6.91. The summed E-state index contributed by atoms with van der Waals surface area (Å²) in [5.41, 5.74) is 1.57. The van der Waals surface area contributed by atoms with E-state index in [2.05, 4.69) is 33.1 Å². The molecule has 0 saturated carbocycles. The first kappa shape index (κ1) is 18.9. The Hall–Kier alpha value is -1.15. The van der Waals surface area contributed by atoms with Crippen LogP contribution in [0.2, 0.25) is 0 Å². The molecule has 1 aromatic heterocycles. The van der Waals surface area contributed by atoms with E-state index in [-0.39, 0.29) is 29.8 Å². The van der Waals surface area contributed by atoms with E-state index in [0.717, 1.165) is 24.5 Å². The number of aryl methyl sites for hydroxylation is 1. The van der Waals surface area contributed by atoms with Crippen LogP contribution < -0.4 is 10.6 Å². The lowest BCUT2D eigenvalue weighted by Crippen LogP contribution is -2.37. The molecule has 0 saturated heterocycles. The van der Waals surface area contributed by atoms with Crippen LogP contribution in [0.4, 0.5) is 4.39 Å². The highest BCUT2D eigenvalue weighted by Crippen LogP contribution is 2.09. The molecule has 0 spiro atoms. The summed E-state index contributed by atoms with van der Waals surface area (Å²) in [5.74, 6) is 0.558. The fourth-order valence-electron chi connectivity index (χ4n) is 1.91. The zero-order chi connectivity index (χ0) is 15.1. The zero-order valence-corrected chi connectivity index (χ0v) is 15.9. The van der Waals surface area contributed by atoms with Gasteiger partial charge in [0.05, 0.1) is 0 Å². The maximum Gasteiger partial charge on any atom is 0.191 e. The van der Waals surface area contributed by atoms with Crippen LogP contribution in [0, 0.1) is 12.7 Å². The lowest BCUT2D eigenvalue weighted by Gasteiger charge is -2.12. The summed E-state index contributed by atoms with van der Waals surface area (Å²) >= 11 is 1.75. The van der Waals surface area contributed by atoms with Gasteiger partial charge in [-0.3, -0.25) is 4.99 Å². The summed E-state index contributed by atoms with van der Waals surface area (Å²) in [5, 5.41) is 8.52. The normalized spacial score (nSPS) is 11.0. The second-order valence-electron chi connectivity index (χ2n) is 4.77. The maximum absolute atomic E-state index is 13.5.